The summed E-state index contributed by atoms with van der Waals surface area (Å²) in [5, 5.41) is 9.81. The van der Waals surface area contributed by atoms with Gasteiger partial charge in [0.1, 0.15) is 11.5 Å². The number of rotatable bonds is 5. The summed E-state index contributed by atoms with van der Waals surface area (Å²) in [7, 11) is 5.73. The summed E-state index contributed by atoms with van der Waals surface area (Å²) in [4.78, 5) is 19.7. The zero-order valence-electron chi connectivity index (χ0n) is 14.9. The third-order valence-electron chi connectivity index (χ3n) is 3.45. The normalized spacial score (nSPS) is 11.1. The second kappa shape index (κ2) is 7.14. The first-order chi connectivity index (χ1) is 12.0. The van der Waals surface area contributed by atoms with Crippen molar-refractivity contribution in [2.45, 2.75) is 30.1 Å². The molecule has 0 fully saturated rings. The summed E-state index contributed by atoms with van der Waals surface area (Å²) in [6.07, 6.45) is 1.74. The number of pyridine rings is 1. The Morgan fingerprint density at radius 1 is 1.08 bits per heavy atom. The average molecular weight is 356 g/mol. The highest BCUT2D eigenvalue weighted by molar-refractivity contribution is 7.99. The molecule has 130 valence electrons. The van der Waals surface area contributed by atoms with Gasteiger partial charge in [-0.15, -0.1) is 10.2 Å². The van der Waals surface area contributed by atoms with E-state index in [0.29, 0.717) is 22.1 Å². The molecule has 0 saturated carbocycles. The van der Waals surface area contributed by atoms with Crippen molar-refractivity contribution in [3.63, 3.8) is 0 Å². The topological polar surface area (TPSA) is 85.5 Å². The van der Waals surface area contributed by atoms with Gasteiger partial charge in [-0.3, -0.25) is 4.98 Å². The van der Waals surface area contributed by atoms with E-state index in [1.54, 1.807) is 6.20 Å². The first-order valence-electron chi connectivity index (χ1n) is 7.87. The summed E-state index contributed by atoms with van der Waals surface area (Å²) in [5.74, 6) is 2.31. The highest BCUT2D eigenvalue weighted by atomic mass is 32.2. The second-order valence-electron chi connectivity index (χ2n) is 6.01. The van der Waals surface area contributed by atoms with Gasteiger partial charge in [0.15, 0.2) is 11.0 Å². The van der Waals surface area contributed by atoms with E-state index in [1.165, 1.54) is 11.8 Å². The lowest BCUT2D eigenvalue weighted by atomic mass is 10.2. The Morgan fingerprint density at radius 3 is 2.52 bits per heavy atom. The fraction of sp³-hybridized carbons (Fsp3) is 0.375. The fourth-order valence-electron chi connectivity index (χ4n) is 2.07. The van der Waals surface area contributed by atoms with Gasteiger partial charge in [0, 0.05) is 33.3 Å². The van der Waals surface area contributed by atoms with Gasteiger partial charge >= 0.3 is 0 Å². The van der Waals surface area contributed by atoms with Crippen LogP contribution in [0.1, 0.15) is 25.6 Å². The average Bonchev–Trinajstić information content (AvgIpc) is 2.96. The molecule has 9 heteroatoms. The molecule has 0 amide bonds. The largest absolute Gasteiger partial charge is 0.347 e. The van der Waals surface area contributed by atoms with Gasteiger partial charge in [-0.2, -0.15) is 9.97 Å². The van der Waals surface area contributed by atoms with E-state index in [4.69, 9.17) is 0 Å². The van der Waals surface area contributed by atoms with E-state index in [9.17, 15) is 0 Å². The van der Waals surface area contributed by atoms with Crippen molar-refractivity contribution in [1.29, 1.82) is 0 Å². The Bertz CT molecular complexity index is 834. The molecule has 3 rings (SSSR count). The number of hydrogen-bond acceptors (Lipinski definition) is 8. The van der Waals surface area contributed by atoms with Crippen molar-refractivity contribution in [2.75, 3.05) is 19.0 Å². The minimum absolute atomic E-state index is 0.213. The van der Waals surface area contributed by atoms with Crippen LogP contribution in [0.25, 0.3) is 11.5 Å². The third kappa shape index (κ3) is 3.76. The van der Waals surface area contributed by atoms with E-state index in [-0.39, 0.29) is 5.92 Å². The second-order valence-corrected chi connectivity index (χ2v) is 6.94. The van der Waals surface area contributed by atoms with Crippen LogP contribution in [0.15, 0.2) is 34.7 Å². The maximum Gasteiger partial charge on any atom is 0.229 e. The maximum absolute atomic E-state index is 4.55. The molecule has 3 aromatic heterocycles. The predicted molar refractivity (Wildman–Crippen MR) is 96.6 cm³/mol. The van der Waals surface area contributed by atoms with Gasteiger partial charge in [-0.1, -0.05) is 19.9 Å². The predicted octanol–water partition coefficient (Wildman–Crippen LogP) is 2.40. The summed E-state index contributed by atoms with van der Waals surface area (Å²) in [6.45, 7) is 4.12. The quantitative estimate of drug-likeness (QED) is 0.689. The molecule has 3 aromatic rings. The smallest absolute Gasteiger partial charge is 0.229 e. The van der Waals surface area contributed by atoms with E-state index in [0.717, 1.165) is 11.5 Å². The zero-order valence-corrected chi connectivity index (χ0v) is 15.7. The first kappa shape index (κ1) is 17.3. The Labute approximate surface area is 150 Å². The van der Waals surface area contributed by atoms with Gasteiger partial charge in [0.2, 0.25) is 11.1 Å². The number of aromatic nitrogens is 7. The van der Waals surface area contributed by atoms with Crippen molar-refractivity contribution in [2.24, 2.45) is 7.05 Å². The van der Waals surface area contributed by atoms with Crippen LogP contribution in [0.5, 0.6) is 0 Å². The summed E-state index contributed by atoms with van der Waals surface area (Å²) < 4.78 is 1.89. The Hall–Kier alpha value is -2.55. The molecular weight excluding hydrogens is 336 g/mol. The highest BCUT2D eigenvalue weighted by Crippen LogP contribution is 2.27. The van der Waals surface area contributed by atoms with Crippen LogP contribution < -0.4 is 4.90 Å². The monoisotopic (exact) mass is 356 g/mol. The SMILES string of the molecule is CC(C)c1nc(Sc2nnc(-c3ccccn3)n2C)nc(N(C)C)n1. The molecule has 25 heavy (non-hydrogen) atoms. The van der Waals surface area contributed by atoms with E-state index in [2.05, 4.69) is 44.0 Å². The van der Waals surface area contributed by atoms with E-state index >= 15 is 0 Å². The van der Waals surface area contributed by atoms with Crippen molar-refractivity contribution in [1.82, 2.24) is 34.7 Å². The van der Waals surface area contributed by atoms with Gasteiger partial charge in [0.25, 0.3) is 0 Å². The third-order valence-corrected chi connectivity index (χ3v) is 4.35. The minimum atomic E-state index is 0.213. The molecule has 0 aromatic carbocycles. The number of hydrogen-bond donors (Lipinski definition) is 0. The molecule has 8 nitrogen and oxygen atoms in total. The molecule has 0 radical (unpaired) electrons. The molecule has 0 bridgehead atoms. The molecule has 0 atom stereocenters. The van der Waals surface area contributed by atoms with Gasteiger partial charge in [-0.05, 0) is 23.9 Å². The summed E-state index contributed by atoms with van der Waals surface area (Å²) in [6, 6.07) is 5.70. The van der Waals surface area contributed by atoms with Crippen molar-refractivity contribution in [3.05, 3.63) is 30.2 Å². The highest BCUT2D eigenvalue weighted by Gasteiger charge is 2.17. The molecule has 3 heterocycles. The van der Waals surface area contributed by atoms with E-state index in [1.807, 2.05) is 48.8 Å². The molecule has 0 spiro atoms. The zero-order chi connectivity index (χ0) is 18.0. The summed E-state index contributed by atoms with van der Waals surface area (Å²) in [5.41, 5.74) is 0.775. The van der Waals surface area contributed by atoms with Crippen LogP contribution >= 0.6 is 11.8 Å². The van der Waals surface area contributed by atoms with Crippen LogP contribution in [0, 0.1) is 0 Å². The van der Waals surface area contributed by atoms with Crippen molar-refractivity contribution in [3.8, 4) is 11.5 Å². The Balaban J connectivity index is 1.94. The van der Waals surface area contributed by atoms with Gasteiger partial charge in [0.05, 0.1) is 0 Å². The first-order valence-corrected chi connectivity index (χ1v) is 8.69. The van der Waals surface area contributed by atoms with Crippen LogP contribution in [-0.2, 0) is 7.05 Å². The molecular formula is C16H20N8S. The lowest BCUT2D eigenvalue weighted by Gasteiger charge is -2.13. The van der Waals surface area contributed by atoms with Crippen LogP contribution in [-0.4, -0.2) is 48.8 Å². The molecule has 0 saturated heterocycles. The van der Waals surface area contributed by atoms with Crippen LogP contribution in [0.2, 0.25) is 0 Å². The van der Waals surface area contributed by atoms with Crippen LogP contribution in [0.3, 0.4) is 0 Å². The molecule has 0 unspecified atom stereocenters. The standard InChI is InChI=1S/C16H20N8S/c1-10(2)12-18-14(23(3)4)20-15(19-12)25-16-22-21-13(24(16)5)11-8-6-7-9-17-11/h6-10H,1-5H3. The van der Waals surface area contributed by atoms with Crippen LogP contribution in [0.4, 0.5) is 5.95 Å². The fourth-order valence-corrected chi connectivity index (χ4v) is 2.80. The molecule has 0 aliphatic heterocycles. The van der Waals surface area contributed by atoms with E-state index < -0.39 is 0 Å². The molecule has 0 aliphatic rings. The van der Waals surface area contributed by atoms with Gasteiger partial charge in [-0.25, -0.2) is 4.98 Å². The molecule has 0 aliphatic carbocycles. The summed E-state index contributed by atoms with van der Waals surface area (Å²) >= 11 is 1.37. The number of nitrogens with zero attached hydrogens (tertiary/aromatic N) is 8. The molecule has 0 N–H and O–H groups in total. The Kier molecular flexibility index (Phi) is 4.93. The maximum atomic E-state index is 4.55. The Morgan fingerprint density at radius 2 is 1.88 bits per heavy atom. The lowest BCUT2D eigenvalue weighted by molar-refractivity contribution is 0.712. The van der Waals surface area contributed by atoms with Crippen molar-refractivity contribution >= 4 is 17.7 Å². The number of anilines is 1. The lowest BCUT2D eigenvalue weighted by Crippen LogP contribution is -2.15. The minimum Gasteiger partial charge on any atom is -0.347 e. The van der Waals surface area contributed by atoms with Gasteiger partial charge < -0.3 is 9.47 Å². The van der Waals surface area contributed by atoms with Crippen molar-refractivity contribution < 1.29 is 0 Å².